The standard InChI is InChI=1S/C12H17NO6S/c1-18-8-2-7-13-20(16,17)11-5-3-10(4-6-11)19-9-12(14)15/h3-6,13H,2,7-9H2,1H3,(H,14,15). The van der Waals surface area contributed by atoms with E-state index in [1.165, 1.54) is 24.3 Å². The Morgan fingerprint density at radius 1 is 1.30 bits per heavy atom. The monoisotopic (exact) mass is 303 g/mol. The predicted octanol–water partition coefficient (Wildman–Crippen LogP) is 0.465. The van der Waals surface area contributed by atoms with Crippen molar-refractivity contribution in [1.82, 2.24) is 4.72 Å². The molecule has 1 aromatic rings. The summed E-state index contributed by atoms with van der Waals surface area (Å²) >= 11 is 0. The number of nitrogens with one attached hydrogen (secondary N) is 1. The van der Waals surface area contributed by atoms with Gasteiger partial charge in [-0.15, -0.1) is 0 Å². The maximum absolute atomic E-state index is 11.9. The van der Waals surface area contributed by atoms with Crippen LogP contribution in [0.4, 0.5) is 0 Å². The molecule has 0 spiro atoms. The maximum Gasteiger partial charge on any atom is 0.341 e. The Balaban J connectivity index is 2.60. The number of hydrogen-bond donors (Lipinski definition) is 2. The van der Waals surface area contributed by atoms with Crippen LogP contribution in [0.15, 0.2) is 29.2 Å². The van der Waals surface area contributed by atoms with Gasteiger partial charge in [0.1, 0.15) is 5.75 Å². The van der Waals surface area contributed by atoms with Gasteiger partial charge in [-0.25, -0.2) is 17.9 Å². The highest BCUT2D eigenvalue weighted by atomic mass is 32.2. The normalized spacial score (nSPS) is 11.2. The molecule has 0 fully saturated rings. The number of carboxylic acids is 1. The molecule has 7 nitrogen and oxygen atoms in total. The molecule has 20 heavy (non-hydrogen) atoms. The predicted molar refractivity (Wildman–Crippen MR) is 71.3 cm³/mol. The van der Waals surface area contributed by atoms with E-state index in [0.717, 1.165) is 0 Å². The minimum absolute atomic E-state index is 0.0950. The van der Waals surface area contributed by atoms with Crippen molar-refractivity contribution in [3.05, 3.63) is 24.3 Å². The molecular formula is C12H17NO6S. The minimum atomic E-state index is -3.57. The van der Waals surface area contributed by atoms with Gasteiger partial charge in [0.05, 0.1) is 4.90 Å². The zero-order valence-electron chi connectivity index (χ0n) is 11.0. The fourth-order valence-electron chi connectivity index (χ4n) is 1.37. The molecular weight excluding hydrogens is 286 g/mol. The van der Waals surface area contributed by atoms with Gasteiger partial charge in [-0.3, -0.25) is 0 Å². The zero-order valence-corrected chi connectivity index (χ0v) is 11.9. The molecule has 8 heteroatoms. The number of carboxylic acid groups (broad SMARTS) is 1. The average Bonchev–Trinajstić information content (AvgIpc) is 2.42. The number of rotatable bonds is 9. The molecule has 0 aliphatic carbocycles. The van der Waals surface area contributed by atoms with Gasteiger partial charge >= 0.3 is 5.97 Å². The minimum Gasteiger partial charge on any atom is -0.482 e. The molecule has 0 amide bonds. The van der Waals surface area contributed by atoms with Gasteiger partial charge in [0.15, 0.2) is 6.61 Å². The second-order valence-electron chi connectivity index (χ2n) is 3.90. The van der Waals surface area contributed by atoms with Gasteiger partial charge in [0.2, 0.25) is 10.0 Å². The molecule has 0 unspecified atom stereocenters. The lowest BCUT2D eigenvalue weighted by molar-refractivity contribution is -0.139. The van der Waals surface area contributed by atoms with Crippen molar-refractivity contribution < 1.29 is 27.8 Å². The molecule has 1 aromatic carbocycles. The molecule has 0 heterocycles. The van der Waals surface area contributed by atoms with Crippen molar-refractivity contribution in [3.63, 3.8) is 0 Å². The topological polar surface area (TPSA) is 102 Å². The molecule has 1 rings (SSSR count). The Bertz CT molecular complexity index is 525. The summed E-state index contributed by atoms with van der Waals surface area (Å²) in [6, 6.07) is 5.53. The van der Waals surface area contributed by atoms with E-state index in [1.807, 2.05) is 0 Å². The van der Waals surface area contributed by atoms with Crippen LogP contribution in [0.2, 0.25) is 0 Å². The summed E-state index contributed by atoms with van der Waals surface area (Å²) in [6.07, 6.45) is 0.579. The van der Waals surface area contributed by atoms with Gasteiger partial charge in [0.25, 0.3) is 0 Å². The number of aliphatic carboxylic acids is 1. The first-order valence-electron chi connectivity index (χ1n) is 5.89. The molecule has 0 aliphatic rings. The van der Waals surface area contributed by atoms with Crippen molar-refractivity contribution >= 4 is 16.0 Å². The van der Waals surface area contributed by atoms with E-state index in [0.29, 0.717) is 18.8 Å². The van der Waals surface area contributed by atoms with Crippen LogP contribution in [0, 0.1) is 0 Å². The summed E-state index contributed by atoms with van der Waals surface area (Å²) < 4.78 is 36.0. The van der Waals surface area contributed by atoms with Crippen LogP contribution in [-0.4, -0.2) is 46.4 Å². The van der Waals surface area contributed by atoms with E-state index in [2.05, 4.69) is 4.72 Å². The molecule has 112 valence electrons. The van der Waals surface area contributed by atoms with Gasteiger partial charge in [-0.05, 0) is 30.7 Å². The van der Waals surface area contributed by atoms with Crippen LogP contribution in [-0.2, 0) is 19.6 Å². The molecule has 0 aliphatic heterocycles. The second kappa shape index (κ2) is 7.83. The lowest BCUT2D eigenvalue weighted by Gasteiger charge is -2.08. The van der Waals surface area contributed by atoms with Gasteiger partial charge in [0, 0.05) is 20.3 Å². The number of benzene rings is 1. The van der Waals surface area contributed by atoms with Crippen molar-refractivity contribution in [2.75, 3.05) is 26.9 Å². The first kappa shape index (κ1) is 16.4. The van der Waals surface area contributed by atoms with Crippen LogP contribution in [0.3, 0.4) is 0 Å². The molecule has 2 N–H and O–H groups in total. The van der Waals surface area contributed by atoms with Crippen molar-refractivity contribution in [2.24, 2.45) is 0 Å². The Morgan fingerprint density at radius 3 is 2.50 bits per heavy atom. The lowest BCUT2D eigenvalue weighted by atomic mass is 10.3. The van der Waals surface area contributed by atoms with Crippen molar-refractivity contribution in [2.45, 2.75) is 11.3 Å². The Morgan fingerprint density at radius 2 is 1.95 bits per heavy atom. The quantitative estimate of drug-likeness (QED) is 0.643. The van der Waals surface area contributed by atoms with Gasteiger partial charge < -0.3 is 14.6 Å². The first-order valence-corrected chi connectivity index (χ1v) is 7.37. The molecule has 0 bridgehead atoms. The Kier molecular flexibility index (Phi) is 6.43. The molecule has 0 aromatic heterocycles. The number of hydrogen-bond acceptors (Lipinski definition) is 5. The molecule has 0 saturated heterocycles. The van der Waals surface area contributed by atoms with E-state index in [9.17, 15) is 13.2 Å². The maximum atomic E-state index is 11.9. The summed E-state index contributed by atoms with van der Waals surface area (Å²) in [5.41, 5.74) is 0. The fourth-order valence-corrected chi connectivity index (χ4v) is 2.44. The van der Waals surface area contributed by atoms with E-state index in [4.69, 9.17) is 14.6 Å². The molecule has 0 atom stereocenters. The molecule has 0 saturated carbocycles. The summed E-state index contributed by atoms with van der Waals surface area (Å²) in [5, 5.41) is 8.46. The van der Waals surface area contributed by atoms with Crippen LogP contribution >= 0.6 is 0 Å². The van der Waals surface area contributed by atoms with Crippen LogP contribution in [0.5, 0.6) is 5.75 Å². The first-order chi connectivity index (χ1) is 9.45. The third kappa shape index (κ3) is 5.55. The van der Waals surface area contributed by atoms with E-state index >= 15 is 0 Å². The Hall–Kier alpha value is -1.64. The van der Waals surface area contributed by atoms with E-state index in [1.54, 1.807) is 7.11 Å². The number of sulfonamides is 1. The Labute approximate surface area is 117 Å². The highest BCUT2D eigenvalue weighted by molar-refractivity contribution is 7.89. The number of ether oxygens (including phenoxy) is 2. The van der Waals surface area contributed by atoms with Gasteiger partial charge in [-0.1, -0.05) is 0 Å². The van der Waals surface area contributed by atoms with Gasteiger partial charge in [-0.2, -0.15) is 0 Å². The lowest BCUT2D eigenvalue weighted by Crippen LogP contribution is -2.25. The van der Waals surface area contributed by atoms with Crippen LogP contribution in [0.25, 0.3) is 0 Å². The SMILES string of the molecule is COCCCNS(=O)(=O)c1ccc(OCC(=O)O)cc1. The average molecular weight is 303 g/mol. The number of carbonyl (C=O) groups is 1. The summed E-state index contributed by atoms with van der Waals surface area (Å²) in [6.45, 7) is 0.291. The second-order valence-corrected chi connectivity index (χ2v) is 5.66. The molecule has 0 radical (unpaired) electrons. The van der Waals surface area contributed by atoms with E-state index in [-0.39, 0.29) is 11.4 Å². The summed E-state index contributed by atoms with van der Waals surface area (Å²) in [5.74, 6) is -0.799. The highest BCUT2D eigenvalue weighted by Gasteiger charge is 2.13. The third-order valence-electron chi connectivity index (χ3n) is 2.31. The van der Waals surface area contributed by atoms with Crippen molar-refractivity contribution in [1.29, 1.82) is 0 Å². The van der Waals surface area contributed by atoms with Crippen LogP contribution < -0.4 is 9.46 Å². The summed E-state index contributed by atoms with van der Waals surface area (Å²) in [7, 11) is -2.02. The van der Waals surface area contributed by atoms with Crippen molar-refractivity contribution in [3.8, 4) is 5.75 Å². The third-order valence-corrected chi connectivity index (χ3v) is 3.79. The smallest absolute Gasteiger partial charge is 0.341 e. The van der Waals surface area contributed by atoms with Crippen LogP contribution in [0.1, 0.15) is 6.42 Å². The number of methoxy groups -OCH3 is 1. The van der Waals surface area contributed by atoms with E-state index < -0.39 is 22.6 Å². The summed E-state index contributed by atoms with van der Waals surface area (Å²) in [4.78, 5) is 10.4. The largest absolute Gasteiger partial charge is 0.482 e. The fraction of sp³-hybridized carbons (Fsp3) is 0.417. The zero-order chi connectivity index (χ0) is 15.0. The highest BCUT2D eigenvalue weighted by Crippen LogP contribution is 2.15.